The Balaban J connectivity index is 1.50. The van der Waals surface area contributed by atoms with E-state index in [2.05, 4.69) is 22.2 Å². The third-order valence-electron chi connectivity index (χ3n) is 6.00. The number of carbonyl (C=O) groups excluding carboxylic acids is 1. The molecule has 1 N–H and O–H groups in total. The maximum absolute atomic E-state index is 13.5. The van der Waals surface area contributed by atoms with Gasteiger partial charge in [0.1, 0.15) is 12.3 Å². The molecule has 0 unspecified atom stereocenters. The van der Waals surface area contributed by atoms with E-state index < -0.39 is 15.9 Å². The first-order chi connectivity index (χ1) is 16.9. The van der Waals surface area contributed by atoms with Crippen molar-refractivity contribution in [1.82, 2.24) is 4.90 Å². The molecule has 1 amide bonds. The molecule has 0 aromatic heterocycles. The fraction of sp³-hybridized carbons (Fsp3) is 0.269. The molecule has 1 aliphatic rings. The molecule has 35 heavy (non-hydrogen) atoms. The van der Waals surface area contributed by atoms with Gasteiger partial charge in [0.15, 0.2) is 0 Å². The Hall–Kier alpha value is -3.56. The molecule has 184 valence electrons. The Labute approximate surface area is 206 Å². The summed E-state index contributed by atoms with van der Waals surface area (Å²) in [6, 6.07) is 22.3. The lowest BCUT2D eigenvalue weighted by molar-refractivity contribution is -0.114. The minimum atomic E-state index is -3.99. The number of para-hydroxylation sites is 1. The molecule has 0 saturated carbocycles. The summed E-state index contributed by atoms with van der Waals surface area (Å²) in [4.78, 5) is 17.6. The number of piperazine rings is 1. The van der Waals surface area contributed by atoms with E-state index in [0.29, 0.717) is 17.1 Å². The average molecular weight is 495 g/mol. The molecule has 1 aliphatic heterocycles. The topological polar surface area (TPSA) is 82.2 Å². The van der Waals surface area contributed by atoms with E-state index in [1.54, 1.807) is 42.5 Å². The molecule has 0 bridgehead atoms. The SMILES string of the molecule is COc1ccc(S(=O)(=O)N(CC(=O)Nc2ccc(N3CCN(C)CC3)cc2)c2ccccc2)cc1. The highest BCUT2D eigenvalue weighted by Crippen LogP contribution is 2.25. The van der Waals surface area contributed by atoms with E-state index in [-0.39, 0.29) is 11.4 Å². The largest absolute Gasteiger partial charge is 0.497 e. The number of carbonyl (C=O) groups is 1. The Morgan fingerprint density at radius 2 is 1.54 bits per heavy atom. The number of amides is 1. The third kappa shape index (κ3) is 5.93. The molecule has 3 aromatic carbocycles. The standard InChI is InChI=1S/C26H30N4O4S/c1-28-16-18-29(19-17-28)22-10-8-21(9-11-22)27-26(31)20-30(23-6-4-3-5-7-23)35(32,33)25-14-12-24(34-2)13-15-25/h3-15H,16-20H2,1-2H3,(H,27,31). The summed E-state index contributed by atoms with van der Waals surface area (Å²) in [5.74, 6) is 0.117. The number of hydrogen-bond donors (Lipinski definition) is 1. The van der Waals surface area contributed by atoms with Crippen LogP contribution < -0.4 is 19.3 Å². The Morgan fingerprint density at radius 3 is 2.14 bits per heavy atom. The van der Waals surface area contributed by atoms with Crippen LogP contribution in [0.4, 0.5) is 17.1 Å². The van der Waals surface area contributed by atoms with Crippen LogP contribution in [0.5, 0.6) is 5.75 Å². The van der Waals surface area contributed by atoms with Crippen molar-refractivity contribution >= 4 is 33.0 Å². The zero-order valence-electron chi connectivity index (χ0n) is 19.9. The van der Waals surface area contributed by atoms with E-state index in [1.807, 2.05) is 24.3 Å². The first-order valence-electron chi connectivity index (χ1n) is 11.4. The van der Waals surface area contributed by atoms with Gasteiger partial charge in [-0.1, -0.05) is 18.2 Å². The van der Waals surface area contributed by atoms with Crippen LogP contribution in [0, 0.1) is 0 Å². The molecule has 8 nitrogen and oxygen atoms in total. The second-order valence-corrected chi connectivity index (χ2v) is 10.3. The molecule has 0 spiro atoms. The summed E-state index contributed by atoms with van der Waals surface area (Å²) >= 11 is 0. The van der Waals surface area contributed by atoms with Crippen molar-refractivity contribution in [3.8, 4) is 5.75 Å². The van der Waals surface area contributed by atoms with Crippen molar-refractivity contribution in [2.75, 3.05) is 61.4 Å². The van der Waals surface area contributed by atoms with Crippen molar-refractivity contribution in [2.24, 2.45) is 0 Å². The number of sulfonamides is 1. The summed E-state index contributed by atoms with van der Waals surface area (Å²) in [7, 11) is -0.356. The Bertz CT molecular complexity index is 1220. The van der Waals surface area contributed by atoms with Crippen LogP contribution in [0.1, 0.15) is 0 Å². The van der Waals surface area contributed by atoms with Gasteiger partial charge in [-0.2, -0.15) is 0 Å². The van der Waals surface area contributed by atoms with Crippen LogP contribution in [0.2, 0.25) is 0 Å². The predicted molar refractivity (Wildman–Crippen MR) is 139 cm³/mol. The highest BCUT2D eigenvalue weighted by molar-refractivity contribution is 7.92. The lowest BCUT2D eigenvalue weighted by Gasteiger charge is -2.34. The molecule has 1 fully saturated rings. The fourth-order valence-corrected chi connectivity index (χ4v) is 5.36. The summed E-state index contributed by atoms with van der Waals surface area (Å²) in [5, 5.41) is 2.83. The van der Waals surface area contributed by atoms with E-state index in [1.165, 1.54) is 19.2 Å². The fourth-order valence-electron chi connectivity index (χ4n) is 3.94. The van der Waals surface area contributed by atoms with Gasteiger partial charge in [-0.3, -0.25) is 9.10 Å². The van der Waals surface area contributed by atoms with Crippen LogP contribution >= 0.6 is 0 Å². The summed E-state index contributed by atoms with van der Waals surface area (Å²) in [6.07, 6.45) is 0. The predicted octanol–water partition coefficient (Wildman–Crippen LogP) is 3.28. The number of nitrogens with zero attached hydrogens (tertiary/aromatic N) is 3. The van der Waals surface area contributed by atoms with Crippen LogP contribution in [0.15, 0.2) is 83.8 Å². The van der Waals surface area contributed by atoms with Gasteiger partial charge in [-0.25, -0.2) is 8.42 Å². The van der Waals surface area contributed by atoms with Crippen LogP contribution in [-0.2, 0) is 14.8 Å². The van der Waals surface area contributed by atoms with Crippen molar-refractivity contribution < 1.29 is 17.9 Å². The lowest BCUT2D eigenvalue weighted by Crippen LogP contribution is -2.44. The normalized spacial score (nSPS) is 14.4. The van der Waals surface area contributed by atoms with Gasteiger partial charge >= 0.3 is 0 Å². The summed E-state index contributed by atoms with van der Waals surface area (Å²) in [5.41, 5.74) is 2.12. The van der Waals surface area contributed by atoms with Gasteiger partial charge in [0.2, 0.25) is 5.91 Å². The number of hydrogen-bond acceptors (Lipinski definition) is 6. The molecule has 0 aliphatic carbocycles. The average Bonchev–Trinajstić information content (AvgIpc) is 2.89. The zero-order chi connectivity index (χ0) is 24.8. The molecule has 9 heteroatoms. The van der Waals surface area contributed by atoms with Crippen molar-refractivity contribution in [3.63, 3.8) is 0 Å². The smallest absolute Gasteiger partial charge is 0.264 e. The number of anilines is 3. The molecule has 1 saturated heterocycles. The monoisotopic (exact) mass is 494 g/mol. The number of nitrogens with one attached hydrogen (secondary N) is 1. The van der Waals surface area contributed by atoms with Gasteiger partial charge in [0.05, 0.1) is 17.7 Å². The third-order valence-corrected chi connectivity index (χ3v) is 7.79. The zero-order valence-corrected chi connectivity index (χ0v) is 20.7. The molecule has 4 rings (SSSR count). The van der Waals surface area contributed by atoms with Crippen molar-refractivity contribution in [3.05, 3.63) is 78.9 Å². The molecule has 0 radical (unpaired) electrons. The number of rotatable bonds is 8. The number of ether oxygens (including phenoxy) is 1. The van der Waals surface area contributed by atoms with Crippen molar-refractivity contribution in [2.45, 2.75) is 4.90 Å². The molecular weight excluding hydrogens is 464 g/mol. The summed E-state index contributed by atoms with van der Waals surface area (Å²) in [6.45, 7) is 3.57. The van der Waals surface area contributed by atoms with Gasteiger partial charge in [0, 0.05) is 37.6 Å². The Morgan fingerprint density at radius 1 is 0.914 bits per heavy atom. The molecular formula is C26H30N4O4S. The van der Waals surface area contributed by atoms with Crippen LogP contribution in [0.25, 0.3) is 0 Å². The number of methoxy groups -OCH3 is 1. The first kappa shape index (κ1) is 24.6. The van der Waals surface area contributed by atoms with Crippen LogP contribution in [0.3, 0.4) is 0 Å². The Kier molecular flexibility index (Phi) is 7.57. The van der Waals surface area contributed by atoms with E-state index in [9.17, 15) is 13.2 Å². The number of likely N-dealkylation sites (N-methyl/N-ethyl adjacent to an activating group) is 1. The van der Waals surface area contributed by atoms with Crippen LogP contribution in [-0.4, -0.2) is 66.1 Å². The highest BCUT2D eigenvalue weighted by Gasteiger charge is 2.27. The minimum absolute atomic E-state index is 0.0754. The van der Waals surface area contributed by atoms with Gasteiger partial charge in [-0.05, 0) is 67.7 Å². The second kappa shape index (κ2) is 10.8. The van der Waals surface area contributed by atoms with E-state index >= 15 is 0 Å². The van der Waals surface area contributed by atoms with E-state index in [0.717, 1.165) is 36.2 Å². The maximum Gasteiger partial charge on any atom is 0.264 e. The van der Waals surface area contributed by atoms with Crippen molar-refractivity contribution in [1.29, 1.82) is 0 Å². The van der Waals surface area contributed by atoms with E-state index in [4.69, 9.17) is 4.74 Å². The maximum atomic E-state index is 13.5. The second-order valence-electron chi connectivity index (χ2n) is 8.41. The number of benzene rings is 3. The molecule has 3 aromatic rings. The lowest BCUT2D eigenvalue weighted by atomic mass is 10.2. The molecule has 0 atom stereocenters. The highest BCUT2D eigenvalue weighted by atomic mass is 32.2. The van der Waals surface area contributed by atoms with Gasteiger partial charge in [0.25, 0.3) is 10.0 Å². The quantitative estimate of drug-likeness (QED) is 0.518. The van der Waals surface area contributed by atoms with Gasteiger partial charge in [-0.15, -0.1) is 0 Å². The molecule has 1 heterocycles. The summed E-state index contributed by atoms with van der Waals surface area (Å²) < 4.78 is 33.2. The minimum Gasteiger partial charge on any atom is -0.497 e. The first-order valence-corrected chi connectivity index (χ1v) is 12.9. The van der Waals surface area contributed by atoms with Gasteiger partial charge < -0.3 is 19.9 Å².